The molecule has 0 spiro atoms. The number of hydrogen-bond donors (Lipinski definition) is 3. The monoisotopic (exact) mass is 174 g/mol. The highest BCUT2D eigenvalue weighted by atomic mass is 15.0. The second-order valence-electron chi connectivity index (χ2n) is 2.90. The summed E-state index contributed by atoms with van der Waals surface area (Å²) in [7, 11) is 0. The van der Waals surface area contributed by atoms with Crippen LogP contribution in [0.1, 0.15) is 11.1 Å². The van der Waals surface area contributed by atoms with Gasteiger partial charge in [-0.25, -0.2) is 0 Å². The van der Waals surface area contributed by atoms with E-state index in [4.69, 9.17) is 11.1 Å². The highest BCUT2D eigenvalue weighted by molar-refractivity contribution is 5.96. The van der Waals surface area contributed by atoms with E-state index in [-0.39, 0.29) is 5.84 Å². The third-order valence-electron chi connectivity index (χ3n) is 1.99. The predicted molar refractivity (Wildman–Crippen MR) is 53.3 cm³/mol. The maximum atomic E-state index is 7.27. The van der Waals surface area contributed by atoms with Crippen LogP contribution in [0.25, 0.3) is 0 Å². The number of fused-ring (bicyclic) bond motifs is 1. The number of amidine groups is 1. The highest BCUT2D eigenvalue weighted by Gasteiger charge is 2.06. The van der Waals surface area contributed by atoms with Gasteiger partial charge in [0.1, 0.15) is 5.84 Å². The van der Waals surface area contributed by atoms with Crippen molar-refractivity contribution in [2.45, 2.75) is 6.54 Å². The number of aliphatic imine (C=N–C) groups is 1. The van der Waals surface area contributed by atoms with Crippen LogP contribution in [0.3, 0.4) is 0 Å². The standard InChI is InChI=1S/C9H10N4/c10-9(11)6-1-2-8-7(3-6)4-12-5-13-8/h1-3,5H,4H2,(H3,10,11)(H,12,13). The van der Waals surface area contributed by atoms with Crippen molar-refractivity contribution in [2.24, 2.45) is 10.7 Å². The van der Waals surface area contributed by atoms with Crippen LogP contribution < -0.4 is 11.1 Å². The van der Waals surface area contributed by atoms with Crippen molar-refractivity contribution in [3.63, 3.8) is 0 Å². The molecule has 1 heterocycles. The molecule has 4 nitrogen and oxygen atoms in total. The summed E-state index contributed by atoms with van der Waals surface area (Å²) in [5.74, 6) is 0.0948. The summed E-state index contributed by atoms with van der Waals surface area (Å²) in [6.07, 6.45) is 1.68. The van der Waals surface area contributed by atoms with E-state index < -0.39 is 0 Å². The van der Waals surface area contributed by atoms with Crippen molar-refractivity contribution in [1.82, 2.24) is 0 Å². The quantitative estimate of drug-likeness (QED) is 0.437. The number of hydrogen-bond acceptors (Lipinski definition) is 3. The molecule has 1 aliphatic heterocycles. The van der Waals surface area contributed by atoms with Crippen molar-refractivity contribution in [3.05, 3.63) is 29.3 Å². The molecule has 0 saturated carbocycles. The van der Waals surface area contributed by atoms with Gasteiger partial charge in [0.25, 0.3) is 0 Å². The summed E-state index contributed by atoms with van der Waals surface area (Å²) >= 11 is 0. The molecular formula is C9H10N4. The van der Waals surface area contributed by atoms with Gasteiger partial charge >= 0.3 is 0 Å². The van der Waals surface area contributed by atoms with Crippen molar-refractivity contribution in [3.8, 4) is 0 Å². The molecule has 13 heavy (non-hydrogen) atoms. The molecule has 2 rings (SSSR count). The molecule has 0 amide bonds. The molecule has 0 aromatic heterocycles. The third kappa shape index (κ3) is 1.38. The maximum absolute atomic E-state index is 7.27. The fourth-order valence-corrected chi connectivity index (χ4v) is 1.29. The smallest absolute Gasteiger partial charge is 0.122 e. The predicted octanol–water partition coefficient (Wildman–Crippen LogP) is 0.924. The van der Waals surface area contributed by atoms with Gasteiger partial charge in [-0.15, -0.1) is 0 Å². The molecule has 1 aromatic rings. The zero-order chi connectivity index (χ0) is 9.26. The molecule has 1 aromatic carbocycles. The highest BCUT2D eigenvalue weighted by Crippen LogP contribution is 2.19. The van der Waals surface area contributed by atoms with Crippen molar-refractivity contribution in [2.75, 3.05) is 5.32 Å². The van der Waals surface area contributed by atoms with Gasteiger partial charge in [0.2, 0.25) is 0 Å². The van der Waals surface area contributed by atoms with E-state index in [9.17, 15) is 0 Å². The van der Waals surface area contributed by atoms with Crippen LogP contribution in [0.2, 0.25) is 0 Å². The number of benzene rings is 1. The van der Waals surface area contributed by atoms with Gasteiger partial charge in [0.15, 0.2) is 0 Å². The number of nitrogens with zero attached hydrogens (tertiary/aromatic N) is 1. The largest absolute Gasteiger partial charge is 0.384 e. The van der Waals surface area contributed by atoms with Gasteiger partial charge in [-0.3, -0.25) is 10.4 Å². The molecule has 0 radical (unpaired) electrons. The summed E-state index contributed by atoms with van der Waals surface area (Å²) in [5, 5.41) is 10.3. The number of nitrogens with one attached hydrogen (secondary N) is 2. The second-order valence-corrected chi connectivity index (χ2v) is 2.90. The molecule has 0 bridgehead atoms. The van der Waals surface area contributed by atoms with Crippen LogP contribution >= 0.6 is 0 Å². The lowest BCUT2D eigenvalue weighted by atomic mass is 10.1. The maximum Gasteiger partial charge on any atom is 0.122 e. The van der Waals surface area contributed by atoms with Crippen LogP contribution in [-0.4, -0.2) is 12.2 Å². The van der Waals surface area contributed by atoms with Crippen molar-refractivity contribution < 1.29 is 0 Å². The van der Waals surface area contributed by atoms with E-state index in [1.165, 1.54) is 0 Å². The molecule has 0 fully saturated rings. The zero-order valence-electron chi connectivity index (χ0n) is 7.04. The molecular weight excluding hydrogens is 164 g/mol. The van der Waals surface area contributed by atoms with E-state index in [1.807, 2.05) is 18.2 Å². The number of nitrogen functional groups attached to an aromatic ring is 1. The Bertz CT molecular complexity index is 381. The summed E-state index contributed by atoms with van der Waals surface area (Å²) < 4.78 is 0. The minimum Gasteiger partial charge on any atom is -0.384 e. The van der Waals surface area contributed by atoms with Gasteiger partial charge in [0.05, 0.1) is 12.9 Å². The fraction of sp³-hybridized carbons (Fsp3) is 0.111. The molecule has 0 aliphatic carbocycles. The second kappa shape index (κ2) is 2.90. The lowest BCUT2D eigenvalue weighted by Crippen LogP contribution is -2.13. The van der Waals surface area contributed by atoms with Crippen LogP contribution in [-0.2, 0) is 6.54 Å². The molecule has 4 N–H and O–H groups in total. The number of rotatable bonds is 1. The van der Waals surface area contributed by atoms with Crippen LogP contribution in [0.15, 0.2) is 23.2 Å². The molecule has 1 aliphatic rings. The first kappa shape index (κ1) is 7.79. The van der Waals surface area contributed by atoms with Crippen LogP contribution in [0, 0.1) is 5.41 Å². The Morgan fingerprint density at radius 1 is 1.54 bits per heavy atom. The van der Waals surface area contributed by atoms with Crippen molar-refractivity contribution >= 4 is 17.9 Å². The van der Waals surface area contributed by atoms with E-state index in [0.717, 1.165) is 16.8 Å². The summed E-state index contributed by atoms with van der Waals surface area (Å²) in [6, 6.07) is 5.63. The molecule has 0 saturated heterocycles. The minimum absolute atomic E-state index is 0.0948. The topological polar surface area (TPSA) is 74.3 Å². The molecule has 66 valence electrons. The van der Waals surface area contributed by atoms with Crippen LogP contribution in [0.5, 0.6) is 0 Å². The Kier molecular flexibility index (Phi) is 1.73. The van der Waals surface area contributed by atoms with Gasteiger partial charge in [-0.05, 0) is 23.8 Å². The first-order valence-corrected chi connectivity index (χ1v) is 3.99. The number of nitrogens with two attached hydrogens (primary N) is 1. The third-order valence-corrected chi connectivity index (χ3v) is 1.99. The Balaban J connectivity index is 2.44. The molecule has 4 heteroatoms. The Morgan fingerprint density at radius 2 is 2.38 bits per heavy atom. The number of anilines is 1. The van der Waals surface area contributed by atoms with Crippen molar-refractivity contribution in [1.29, 1.82) is 5.41 Å². The van der Waals surface area contributed by atoms with E-state index >= 15 is 0 Å². The SMILES string of the molecule is N=C(N)c1ccc2c(c1)CN=CN2. The van der Waals surface area contributed by atoms with Gasteiger partial charge in [-0.2, -0.15) is 0 Å². The lowest BCUT2D eigenvalue weighted by molar-refractivity contribution is 1.06. The van der Waals surface area contributed by atoms with Gasteiger partial charge in [0, 0.05) is 11.3 Å². The van der Waals surface area contributed by atoms with Gasteiger partial charge in [-0.1, -0.05) is 0 Å². The van der Waals surface area contributed by atoms with E-state index in [1.54, 1.807) is 6.34 Å². The Morgan fingerprint density at radius 3 is 3.15 bits per heavy atom. The average molecular weight is 174 g/mol. The molecule has 0 unspecified atom stereocenters. The first-order valence-electron chi connectivity index (χ1n) is 3.99. The first-order chi connectivity index (χ1) is 6.27. The normalized spacial score (nSPS) is 13.2. The lowest BCUT2D eigenvalue weighted by Gasteiger charge is -2.12. The molecule has 0 atom stereocenters. The van der Waals surface area contributed by atoms with E-state index in [0.29, 0.717) is 6.54 Å². The fourth-order valence-electron chi connectivity index (χ4n) is 1.29. The Hall–Kier alpha value is -1.84. The van der Waals surface area contributed by atoms with Crippen LogP contribution in [0.4, 0.5) is 5.69 Å². The summed E-state index contributed by atoms with van der Waals surface area (Å²) in [4.78, 5) is 4.07. The Labute approximate surface area is 76.0 Å². The van der Waals surface area contributed by atoms with E-state index in [2.05, 4.69) is 10.3 Å². The summed E-state index contributed by atoms with van der Waals surface area (Å²) in [5.41, 5.74) is 8.24. The van der Waals surface area contributed by atoms with Gasteiger partial charge < -0.3 is 11.1 Å². The minimum atomic E-state index is 0.0948. The average Bonchev–Trinajstić information content (AvgIpc) is 2.17. The summed E-state index contributed by atoms with van der Waals surface area (Å²) in [6.45, 7) is 0.656. The zero-order valence-corrected chi connectivity index (χ0v) is 7.04.